The van der Waals surface area contributed by atoms with Crippen LogP contribution in [0.15, 0.2) is 0 Å². The number of carboxylic acids is 1. The van der Waals surface area contributed by atoms with Gasteiger partial charge in [0.2, 0.25) is 0 Å². The highest BCUT2D eigenvalue weighted by Gasteiger charge is 2.42. The molecule has 4 N–H and O–H groups in total. The predicted octanol–water partition coefficient (Wildman–Crippen LogP) is 0.310. The van der Waals surface area contributed by atoms with Crippen LogP contribution in [0.4, 0.5) is 4.79 Å². The average molecular weight is 256 g/mol. The minimum atomic E-state index is -1.41. The Hall–Kier alpha value is -1.30. The van der Waals surface area contributed by atoms with Gasteiger partial charge in [0, 0.05) is 19.0 Å². The van der Waals surface area contributed by atoms with Crippen LogP contribution < -0.4 is 10.6 Å². The van der Waals surface area contributed by atoms with E-state index in [9.17, 15) is 9.59 Å². The molecule has 0 unspecified atom stereocenters. The van der Waals surface area contributed by atoms with Crippen molar-refractivity contribution in [1.82, 2.24) is 10.6 Å². The van der Waals surface area contributed by atoms with Gasteiger partial charge >= 0.3 is 12.0 Å². The fourth-order valence-corrected chi connectivity index (χ4v) is 2.18. The molecule has 2 rings (SSSR count). The second-order valence-electron chi connectivity index (χ2n) is 5.24. The molecule has 0 aromatic heterocycles. The molecule has 0 spiro atoms. The topological polar surface area (TPSA) is 98.7 Å². The van der Waals surface area contributed by atoms with E-state index in [1.807, 2.05) is 0 Å². The molecule has 0 heterocycles. The van der Waals surface area contributed by atoms with E-state index in [1.165, 1.54) is 25.7 Å². The maximum absolute atomic E-state index is 11.6. The van der Waals surface area contributed by atoms with Crippen LogP contribution in [-0.4, -0.2) is 40.9 Å². The highest BCUT2D eigenvalue weighted by atomic mass is 16.4. The number of aliphatic hydroxyl groups excluding tert-OH is 1. The normalized spacial score (nSPS) is 20.6. The summed E-state index contributed by atoms with van der Waals surface area (Å²) < 4.78 is 0. The van der Waals surface area contributed by atoms with Crippen molar-refractivity contribution < 1.29 is 19.8 Å². The first-order valence-electron chi connectivity index (χ1n) is 6.53. The number of aliphatic carboxylic acids is 1. The maximum Gasteiger partial charge on any atom is 0.332 e. The molecular formula is C12H20N2O4. The van der Waals surface area contributed by atoms with Crippen molar-refractivity contribution in [3.05, 3.63) is 0 Å². The molecular weight excluding hydrogens is 236 g/mol. The molecule has 0 saturated heterocycles. The van der Waals surface area contributed by atoms with Crippen LogP contribution in [0, 0.1) is 11.8 Å². The van der Waals surface area contributed by atoms with Crippen LogP contribution in [0.3, 0.4) is 0 Å². The van der Waals surface area contributed by atoms with Gasteiger partial charge in [0.05, 0.1) is 0 Å². The fourth-order valence-electron chi connectivity index (χ4n) is 2.18. The number of carbonyl (C=O) groups excluding carboxylic acids is 1. The van der Waals surface area contributed by atoms with Crippen LogP contribution in [0.2, 0.25) is 0 Å². The zero-order valence-corrected chi connectivity index (χ0v) is 10.3. The Morgan fingerprint density at radius 1 is 1.17 bits per heavy atom. The molecule has 2 saturated carbocycles. The Morgan fingerprint density at radius 2 is 1.72 bits per heavy atom. The van der Waals surface area contributed by atoms with Gasteiger partial charge in [0.25, 0.3) is 0 Å². The van der Waals surface area contributed by atoms with Crippen LogP contribution in [0.1, 0.15) is 32.1 Å². The van der Waals surface area contributed by atoms with Crippen LogP contribution in [0.25, 0.3) is 0 Å². The highest BCUT2D eigenvalue weighted by Crippen LogP contribution is 2.44. The Bertz CT molecular complexity index is 314. The lowest BCUT2D eigenvalue weighted by atomic mass is 10.1. The zero-order valence-electron chi connectivity index (χ0n) is 10.3. The first-order valence-corrected chi connectivity index (χ1v) is 6.53. The van der Waals surface area contributed by atoms with E-state index in [0.717, 1.165) is 0 Å². The third kappa shape index (κ3) is 3.87. The predicted molar refractivity (Wildman–Crippen MR) is 64.0 cm³/mol. The smallest absolute Gasteiger partial charge is 0.332 e. The minimum absolute atomic E-state index is 0.0281. The van der Waals surface area contributed by atoms with E-state index >= 15 is 0 Å². The Labute approximate surface area is 106 Å². The lowest BCUT2D eigenvalue weighted by Crippen LogP contribution is -2.45. The van der Waals surface area contributed by atoms with Crippen LogP contribution >= 0.6 is 0 Å². The molecule has 0 aliphatic heterocycles. The maximum atomic E-state index is 11.6. The summed E-state index contributed by atoms with van der Waals surface area (Å²) >= 11 is 0. The molecule has 1 atom stereocenters. The molecule has 2 amide bonds. The summed E-state index contributed by atoms with van der Waals surface area (Å²) in [5.41, 5.74) is 0. The molecule has 6 nitrogen and oxygen atoms in total. The summed E-state index contributed by atoms with van der Waals surface area (Å²) in [5.74, 6) is 0.00626. The van der Waals surface area contributed by atoms with Crippen molar-refractivity contribution in [2.45, 2.75) is 44.2 Å². The third-order valence-electron chi connectivity index (χ3n) is 3.55. The van der Waals surface area contributed by atoms with E-state index in [0.29, 0.717) is 11.8 Å². The van der Waals surface area contributed by atoms with E-state index < -0.39 is 12.1 Å². The van der Waals surface area contributed by atoms with E-state index in [1.54, 1.807) is 0 Å². The van der Waals surface area contributed by atoms with E-state index in [-0.39, 0.29) is 25.0 Å². The summed E-state index contributed by atoms with van der Waals surface area (Å²) in [6.07, 6.45) is 3.39. The summed E-state index contributed by atoms with van der Waals surface area (Å²) in [7, 11) is 0. The van der Waals surface area contributed by atoms with Crippen molar-refractivity contribution in [1.29, 1.82) is 0 Å². The largest absolute Gasteiger partial charge is 0.479 e. The quantitative estimate of drug-likeness (QED) is 0.527. The summed E-state index contributed by atoms with van der Waals surface area (Å²) in [4.78, 5) is 22.0. The number of carboxylic acid groups (broad SMARTS) is 1. The average Bonchev–Trinajstić information content (AvgIpc) is 3.16. The second kappa shape index (κ2) is 5.56. The SMILES string of the molecule is O=C(NCC[C@H](O)C(=O)O)NC(C1CC1)C1CC1. The molecule has 2 aliphatic carbocycles. The Balaban J connectivity index is 1.63. The number of amides is 2. The first kappa shape index (κ1) is 13.1. The van der Waals surface area contributed by atoms with E-state index in [2.05, 4.69) is 10.6 Å². The van der Waals surface area contributed by atoms with Gasteiger partial charge in [-0.15, -0.1) is 0 Å². The van der Waals surface area contributed by atoms with Gasteiger partial charge in [-0.25, -0.2) is 9.59 Å². The first-order chi connectivity index (χ1) is 8.58. The number of carbonyl (C=O) groups is 2. The molecule has 0 aromatic carbocycles. The van der Waals surface area contributed by atoms with Gasteiger partial charge in [-0.1, -0.05) is 0 Å². The third-order valence-corrected chi connectivity index (χ3v) is 3.55. The number of rotatable bonds is 7. The van der Waals surface area contributed by atoms with Gasteiger partial charge in [0.15, 0.2) is 6.10 Å². The zero-order chi connectivity index (χ0) is 13.1. The summed E-state index contributed by atoms with van der Waals surface area (Å²) in [6, 6.07) is 0.0331. The molecule has 2 fully saturated rings. The number of aliphatic hydroxyl groups is 1. The molecule has 0 bridgehead atoms. The standard InChI is InChI=1S/C12H20N2O4/c15-9(11(16)17)5-6-13-12(18)14-10(7-1-2-7)8-3-4-8/h7-10,15H,1-6H2,(H,16,17)(H2,13,14,18)/t9-/m0/s1. The number of hydrogen-bond acceptors (Lipinski definition) is 3. The second-order valence-corrected chi connectivity index (χ2v) is 5.24. The van der Waals surface area contributed by atoms with Crippen molar-refractivity contribution >= 4 is 12.0 Å². The lowest BCUT2D eigenvalue weighted by molar-refractivity contribution is -0.146. The summed E-state index contributed by atoms with van der Waals surface area (Å²) in [6.45, 7) is 0.168. The highest BCUT2D eigenvalue weighted by molar-refractivity contribution is 5.75. The van der Waals surface area contributed by atoms with Gasteiger partial charge in [-0.05, 0) is 37.5 Å². The Kier molecular flexibility index (Phi) is 4.06. The number of nitrogens with one attached hydrogen (secondary N) is 2. The number of hydrogen-bond donors (Lipinski definition) is 4. The monoisotopic (exact) mass is 256 g/mol. The van der Waals surface area contributed by atoms with Gasteiger partial charge in [0.1, 0.15) is 0 Å². The van der Waals surface area contributed by atoms with Crippen molar-refractivity contribution in [3.63, 3.8) is 0 Å². The molecule has 6 heteroatoms. The minimum Gasteiger partial charge on any atom is -0.479 e. The van der Waals surface area contributed by atoms with Crippen LogP contribution in [0.5, 0.6) is 0 Å². The van der Waals surface area contributed by atoms with Crippen LogP contribution in [-0.2, 0) is 4.79 Å². The van der Waals surface area contributed by atoms with Crippen molar-refractivity contribution in [2.75, 3.05) is 6.54 Å². The van der Waals surface area contributed by atoms with Gasteiger partial charge < -0.3 is 20.8 Å². The summed E-state index contributed by atoms with van der Waals surface area (Å²) in [5, 5.41) is 23.1. The van der Waals surface area contributed by atoms with E-state index in [4.69, 9.17) is 10.2 Å². The molecule has 2 aliphatic rings. The molecule has 0 radical (unpaired) electrons. The Morgan fingerprint density at radius 3 is 2.17 bits per heavy atom. The van der Waals surface area contributed by atoms with Gasteiger partial charge in [-0.3, -0.25) is 0 Å². The lowest BCUT2D eigenvalue weighted by Gasteiger charge is -2.18. The molecule has 18 heavy (non-hydrogen) atoms. The fraction of sp³-hybridized carbons (Fsp3) is 0.833. The number of urea groups is 1. The van der Waals surface area contributed by atoms with Crippen molar-refractivity contribution in [2.24, 2.45) is 11.8 Å². The molecule has 0 aromatic rings. The molecule has 102 valence electrons. The van der Waals surface area contributed by atoms with Gasteiger partial charge in [-0.2, -0.15) is 0 Å². The van der Waals surface area contributed by atoms with Crippen molar-refractivity contribution in [3.8, 4) is 0 Å².